The van der Waals surface area contributed by atoms with Crippen LogP contribution in [0.3, 0.4) is 0 Å². The van der Waals surface area contributed by atoms with Crippen LogP contribution in [-0.2, 0) is 19.1 Å². The lowest BCUT2D eigenvalue weighted by Crippen LogP contribution is -2.47. The Labute approximate surface area is 237 Å². The number of ether oxygens (including phenoxy) is 1. The van der Waals surface area contributed by atoms with Gasteiger partial charge in [-0.15, -0.1) is 0 Å². The minimum atomic E-state index is -1.02. The second-order valence-electron chi connectivity index (χ2n) is 9.82. The molecule has 0 radical (unpaired) electrons. The van der Waals surface area contributed by atoms with Crippen molar-refractivity contribution in [1.82, 2.24) is 4.90 Å². The van der Waals surface area contributed by atoms with Crippen LogP contribution >= 0.6 is 43.6 Å². The van der Waals surface area contributed by atoms with Gasteiger partial charge in [-0.1, -0.05) is 86.5 Å². The summed E-state index contributed by atoms with van der Waals surface area (Å²) in [5.41, 5.74) is 2.45. The molecule has 1 saturated heterocycles. The third-order valence-corrected chi connectivity index (χ3v) is 11.7. The monoisotopic (exact) mass is 647 g/mol. The molecule has 3 fully saturated rings. The zero-order chi connectivity index (χ0) is 26.3. The minimum absolute atomic E-state index is 0.0680. The summed E-state index contributed by atoms with van der Waals surface area (Å²) in [4.78, 5) is 54.2. The Hall–Kier alpha value is -1.97. The Morgan fingerprint density at radius 2 is 1.51 bits per heavy atom. The average Bonchev–Trinajstić information content (AvgIpc) is 3.53. The first kappa shape index (κ1) is 26.6. The maximum Gasteiger partial charge on any atom is 0.329 e. The number of amides is 2. The highest BCUT2D eigenvalue weighted by molar-refractivity contribution is 9.12. The van der Waals surface area contributed by atoms with Crippen molar-refractivity contribution in [2.75, 3.05) is 18.6 Å². The predicted octanol–water partition coefficient (Wildman–Crippen LogP) is 4.98. The minimum Gasteiger partial charge on any atom is -0.456 e. The number of imide groups is 1. The molecule has 2 bridgehead atoms. The van der Waals surface area contributed by atoms with Crippen molar-refractivity contribution in [2.24, 2.45) is 23.7 Å². The molecule has 1 heterocycles. The van der Waals surface area contributed by atoms with Gasteiger partial charge in [0.2, 0.25) is 11.8 Å². The van der Waals surface area contributed by atoms with Gasteiger partial charge in [-0.2, -0.15) is 11.8 Å². The average molecular weight is 649 g/mol. The lowest BCUT2D eigenvalue weighted by molar-refractivity contribution is -0.158. The number of esters is 1. The highest BCUT2D eigenvalue weighted by Gasteiger charge is 2.67. The highest BCUT2D eigenvalue weighted by Crippen LogP contribution is 2.60. The SMILES string of the molecule is CSCC[C@@H](C(=O)OCC(=O)c1ccc(-c2ccccc2)cc1)N1C(=O)[C@H]2[C@@H]3C[C@H]([C@@H](Br)[C@H]3Br)[C@@H]2C1=O. The fourth-order valence-electron chi connectivity index (χ4n) is 6.06. The van der Waals surface area contributed by atoms with Crippen molar-refractivity contribution in [2.45, 2.75) is 28.5 Å². The van der Waals surface area contributed by atoms with Gasteiger partial charge < -0.3 is 4.74 Å². The van der Waals surface area contributed by atoms with E-state index in [-0.39, 0.29) is 39.1 Å². The highest BCUT2D eigenvalue weighted by atomic mass is 79.9. The molecule has 2 amide bonds. The third-order valence-electron chi connectivity index (χ3n) is 7.86. The largest absolute Gasteiger partial charge is 0.456 e. The first-order valence-corrected chi connectivity index (χ1v) is 15.5. The quantitative estimate of drug-likeness (QED) is 0.165. The molecule has 1 aliphatic heterocycles. The fourth-order valence-corrected chi connectivity index (χ4v) is 8.39. The molecule has 0 unspecified atom stereocenters. The van der Waals surface area contributed by atoms with Gasteiger partial charge in [0.1, 0.15) is 6.04 Å². The van der Waals surface area contributed by atoms with E-state index in [0.29, 0.717) is 17.7 Å². The number of carbonyl (C=O) groups is 4. The number of alkyl halides is 2. The fraction of sp³-hybridized carbons (Fsp3) is 0.429. The molecule has 6 nitrogen and oxygen atoms in total. The number of halogens is 2. The summed E-state index contributed by atoms with van der Waals surface area (Å²) in [7, 11) is 0. The number of likely N-dealkylation sites (tertiary alicyclic amines) is 1. The smallest absolute Gasteiger partial charge is 0.329 e. The van der Waals surface area contributed by atoms with Gasteiger partial charge in [0, 0.05) is 15.2 Å². The van der Waals surface area contributed by atoms with Crippen LogP contribution in [0, 0.1) is 23.7 Å². The van der Waals surface area contributed by atoms with Gasteiger partial charge >= 0.3 is 5.97 Å². The number of rotatable bonds is 9. The van der Waals surface area contributed by atoms with E-state index in [1.165, 1.54) is 11.8 Å². The number of ketones is 1. The number of carbonyl (C=O) groups excluding carboxylic acids is 4. The van der Waals surface area contributed by atoms with E-state index >= 15 is 0 Å². The first-order chi connectivity index (χ1) is 17.8. The van der Waals surface area contributed by atoms with E-state index in [1.54, 1.807) is 12.1 Å². The van der Waals surface area contributed by atoms with Crippen molar-refractivity contribution in [3.05, 3.63) is 60.2 Å². The van der Waals surface area contributed by atoms with Crippen molar-refractivity contribution in [3.8, 4) is 11.1 Å². The maximum absolute atomic E-state index is 13.4. The molecule has 2 aromatic carbocycles. The molecule has 0 spiro atoms. The van der Waals surface area contributed by atoms with Crippen molar-refractivity contribution in [1.29, 1.82) is 0 Å². The van der Waals surface area contributed by atoms with Crippen molar-refractivity contribution < 1.29 is 23.9 Å². The van der Waals surface area contributed by atoms with E-state index in [4.69, 9.17) is 4.74 Å². The summed E-state index contributed by atoms with van der Waals surface area (Å²) in [5, 5.41) is 0. The summed E-state index contributed by atoms with van der Waals surface area (Å²) >= 11 is 8.91. The lowest BCUT2D eigenvalue weighted by atomic mass is 9.81. The van der Waals surface area contributed by atoms with Gasteiger partial charge in [0.15, 0.2) is 12.4 Å². The summed E-state index contributed by atoms with van der Waals surface area (Å²) in [6.07, 6.45) is 3.02. The summed E-state index contributed by atoms with van der Waals surface area (Å²) in [5.74, 6) is -1.69. The number of fused-ring (bicyclic) bond motifs is 5. The summed E-state index contributed by atoms with van der Waals surface area (Å²) in [6, 6.07) is 15.9. The molecule has 194 valence electrons. The van der Waals surface area contributed by atoms with Crippen LogP contribution in [0.2, 0.25) is 0 Å². The molecule has 0 N–H and O–H groups in total. The van der Waals surface area contributed by atoms with Crippen molar-refractivity contribution >= 4 is 67.2 Å². The van der Waals surface area contributed by atoms with Crippen LogP contribution in [0.5, 0.6) is 0 Å². The topological polar surface area (TPSA) is 80.8 Å². The number of hydrogen-bond acceptors (Lipinski definition) is 6. The molecular formula is C28H27Br2NO5S. The second-order valence-corrected chi connectivity index (χ2v) is 12.9. The molecule has 9 heteroatoms. The van der Waals surface area contributed by atoms with E-state index in [2.05, 4.69) is 31.9 Å². The second kappa shape index (κ2) is 11.0. The lowest BCUT2D eigenvalue weighted by Gasteiger charge is -2.28. The van der Waals surface area contributed by atoms with E-state index in [1.807, 2.05) is 48.7 Å². The molecule has 2 aromatic rings. The van der Waals surface area contributed by atoms with Crippen LogP contribution in [0.25, 0.3) is 11.1 Å². The molecular weight excluding hydrogens is 622 g/mol. The van der Waals surface area contributed by atoms with Crippen LogP contribution < -0.4 is 0 Å². The van der Waals surface area contributed by atoms with Crippen LogP contribution in [-0.4, -0.2) is 62.8 Å². The first-order valence-electron chi connectivity index (χ1n) is 12.3. The zero-order valence-electron chi connectivity index (χ0n) is 20.2. The van der Waals surface area contributed by atoms with E-state index in [9.17, 15) is 19.2 Å². The standard InChI is InChI=1S/C28H27Br2NO5S/c1-37-12-11-20(31-26(33)22-18-13-19(23(22)27(31)34)25(30)24(18)29)28(35)36-14-21(32)17-9-7-16(8-10-17)15-5-3-2-4-6-15/h2-10,18-20,22-25H,11-14H2,1H3/t18-,19-,20-,22-,23-,24-,25+/m0/s1. The number of hydrogen-bond donors (Lipinski definition) is 0. The van der Waals surface area contributed by atoms with Gasteiger partial charge in [0.25, 0.3) is 0 Å². The number of benzene rings is 2. The molecule has 0 aromatic heterocycles. The Balaban J connectivity index is 1.27. The molecule has 3 aliphatic rings. The van der Waals surface area contributed by atoms with Crippen LogP contribution in [0.1, 0.15) is 23.2 Å². The zero-order valence-corrected chi connectivity index (χ0v) is 24.2. The van der Waals surface area contributed by atoms with E-state index in [0.717, 1.165) is 22.4 Å². The normalized spacial score (nSPS) is 28.9. The van der Waals surface area contributed by atoms with Crippen molar-refractivity contribution in [3.63, 3.8) is 0 Å². The molecule has 2 saturated carbocycles. The van der Waals surface area contributed by atoms with Crippen LogP contribution in [0.15, 0.2) is 54.6 Å². The van der Waals surface area contributed by atoms with Gasteiger partial charge in [-0.05, 0) is 47.8 Å². The Morgan fingerprint density at radius 3 is 2.08 bits per heavy atom. The third kappa shape index (κ3) is 4.83. The Morgan fingerprint density at radius 1 is 0.946 bits per heavy atom. The van der Waals surface area contributed by atoms with Gasteiger partial charge in [-0.3, -0.25) is 19.3 Å². The molecule has 5 rings (SSSR count). The van der Waals surface area contributed by atoms with E-state index < -0.39 is 30.5 Å². The number of nitrogens with zero attached hydrogens (tertiary/aromatic N) is 1. The Bertz CT molecular complexity index is 1170. The summed E-state index contributed by atoms with van der Waals surface area (Å²) in [6.45, 7) is -0.444. The number of Topliss-reactive ketones (excluding diaryl/α,β-unsaturated/α-hetero) is 1. The molecule has 7 atom stereocenters. The summed E-state index contributed by atoms with van der Waals surface area (Å²) < 4.78 is 5.41. The van der Waals surface area contributed by atoms with Gasteiger partial charge in [0.05, 0.1) is 11.8 Å². The maximum atomic E-state index is 13.4. The Kier molecular flexibility index (Phi) is 7.93. The molecule has 37 heavy (non-hydrogen) atoms. The molecule has 2 aliphatic carbocycles. The van der Waals surface area contributed by atoms with Gasteiger partial charge in [-0.25, -0.2) is 4.79 Å². The number of thioether (sulfide) groups is 1. The predicted molar refractivity (Wildman–Crippen MR) is 150 cm³/mol. The van der Waals surface area contributed by atoms with Crippen LogP contribution in [0.4, 0.5) is 0 Å².